The minimum absolute atomic E-state index is 0.0532. The van der Waals surface area contributed by atoms with Crippen molar-refractivity contribution in [2.24, 2.45) is 5.92 Å². The Morgan fingerprint density at radius 1 is 1.07 bits per heavy atom. The molecular formula is C20H26N2O5. The van der Waals surface area contributed by atoms with Crippen LogP contribution in [-0.2, 0) is 14.4 Å². The van der Waals surface area contributed by atoms with Crippen LogP contribution >= 0.6 is 0 Å². The third-order valence-corrected chi connectivity index (χ3v) is 4.93. The van der Waals surface area contributed by atoms with Gasteiger partial charge in [-0.15, -0.1) is 0 Å². The van der Waals surface area contributed by atoms with E-state index in [1.165, 1.54) is 4.90 Å². The van der Waals surface area contributed by atoms with Gasteiger partial charge in [-0.05, 0) is 19.8 Å². The number of aryl methyl sites for hydroxylation is 1. The molecule has 0 aliphatic carbocycles. The molecule has 0 atom stereocenters. The highest BCUT2D eigenvalue weighted by molar-refractivity contribution is 5.98. The summed E-state index contributed by atoms with van der Waals surface area (Å²) in [6, 6.07) is 7.20. The average Bonchev–Trinajstić information content (AvgIpc) is 2.66. The lowest BCUT2D eigenvalue weighted by atomic mass is 9.97. The average molecular weight is 374 g/mol. The van der Waals surface area contributed by atoms with Crippen LogP contribution in [0.4, 0.5) is 0 Å². The van der Waals surface area contributed by atoms with Crippen LogP contribution in [0.5, 0.6) is 0 Å². The van der Waals surface area contributed by atoms with Crippen molar-refractivity contribution in [1.82, 2.24) is 9.80 Å². The van der Waals surface area contributed by atoms with E-state index in [9.17, 15) is 19.2 Å². The Balaban J connectivity index is 1.76. The molecule has 2 rings (SSSR count). The van der Waals surface area contributed by atoms with Gasteiger partial charge in [0.1, 0.15) is 0 Å². The summed E-state index contributed by atoms with van der Waals surface area (Å²) in [5.74, 6) is -1.78. The molecule has 27 heavy (non-hydrogen) atoms. The molecule has 1 aromatic carbocycles. The fourth-order valence-corrected chi connectivity index (χ4v) is 3.06. The number of rotatable bonds is 7. The molecule has 1 fully saturated rings. The van der Waals surface area contributed by atoms with E-state index >= 15 is 0 Å². The van der Waals surface area contributed by atoms with Gasteiger partial charge in [0.2, 0.25) is 11.8 Å². The van der Waals surface area contributed by atoms with Crippen molar-refractivity contribution in [3.05, 3.63) is 35.4 Å². The number of ketones is 1. The van der Waals surface area contributed by atoms with Gasteiger partial charge in [-0.25, -0.2) is 0 Å². The zero-order valence-electron chi connectivity index (χ0n) is 15.8. The fraction of sp³-hybridized carbons (Fsp3) is 0.500. The molecule has 0 unspecified atom stereocenters. The van der Waals surface area contributed by atoms with Gasteiger partial charge in [0, 0.05) is 38.5 Å². The van der Waals surface area contributed by atoms with Crippen LogP contribution in [-0.4, -0.2) is 65.2 Å². The Morgan fingerprint density at radius 3 is 2.22 bits per heavy atom. The van der Waals surface area contributed by atoms with Gasteiger partial charge in [-0.1, -0.05) is 29.8 Å². The van der Waals surface area contributed by atoms with Gasteiger partial charge in [0.05, 0.1) is 12.5 Å². The molecule has 0 bridgehead atoms. The van der Waals surface area contributed by atoms with E-state index < -0.39 is 11.9 Å². The van der Waals surface area contributed by atoms with Crippen molar-refractivity contribution >= 4 is 23.6 Å². The van der Waals surface area contributed by atoms with Crippen molar-refractivity contribution in [3.8, 4) is 0 Å². The normalized spacial score (nSPS) is 14.7. The number of hydrogen-bond donors (Lipinski definition) is 1. The smallest absolute Gasteiger partial charge is 0.306 e. The number of nitrogens with zero attached hydrogens (tertiary/aromatic N) is 2. The second-order valence-corrected chi connectivity index (χ2v) is 7.03. The number of likely N-dealkylation sites (tertiary alicyclic amines) is 1. The summed E-state index contributed by atoms with van der Waals surface area (Å²) in [5.41, 5.74) is 1.64. The summed E-state index contributed by atoms with van der Waals surface area (Å²) in [5, 5.41) is 9.00. The monoisotopic (exact) mass is 374 g/mol. The topological polar surface area (TPSA) is 95.0 Å². The number of likely N-dealkylation sites (N-methyl/N-ethyl adjacent to an activating group) is 1. The second-order valence-electron chi connectivity index (χ2n) is 7.03. The number of carboxylic acid groups (broad SMARTS) is 1. The van der Waals surface area contributed by atoms with Crippen LogP contribution in [0, 0.1) is 12.8 Å². The first kappa shape index (κ1) is 20.6. The molecule has 1 aromatic rings. The van der Waals surface area contributed by atoms with E-state index in [0.29, 0.717) is 31.5 Å². The Bertz CT molecular complexity index is 706. The van der Waals surface area contributed by atoms with E-state index in [4.69, 9.17) is 5.11 Å². The third-order valence-electron chi connectivity index (χ3n) is 4.93. The van der Waals surface area contributed by atoms with Crippen molar-refractivity contribution in [1.29, 1.82) is 0 Å². The van der Waals surface area contributed by atoms with Gasteiger partial charge in [0.25, 0.3) is 0 Å². The molecule has 0 saturated carbocycles. The Morgan fingerprint density at radius 2 is 1.67 bits per heavy atom. The molecule has 0 spiro atoms. The van der Waals surface area contributed by atoms with Gasteiger partial charge < -0.3 is 14.9 Å². The zero-order chi connectivity index (χ0) is 20.0. The molecule has 7 heteroatoms. The first-order valence-electron chi connectivity index (χ1n) is 9.12. The van der Waals surface area contributed by atoms with Gasteiger partial charge in [-0.2, -0.15) is 0 Å². The van der Waals surface area contributed by atoms with Crippen molar-refractivity contribution in [3.63, 3.8) is 0 Å². The minimum Gasteiger partial charge on any atom is -0.481 e. The van der Waals surface area contributed by atoms with Crippen molar-refractivity contribution in [2.75, 3.05) is 26.7 Å². The maximum absolute atomic E-state index is 12.3. The predicted octanol–water partition coefficient (Wildman–Crippen LogP) is 1.74. The number of carboxylic acids is 1. The molecule has 0 radical (unpaired) electrons. The molecule has 1 aliphatic rings. The fourth-order valence-electron chi connectivity index (χ4n) is 3.06. The number of amides is 2. The Labute approximate surface area is 158 Å². The predicted molar refractivity (Wildman–Crippen MR) is 99.3 cm³/mol. The summed E-state index contributed by atoms with van der Waals surface area (Å²) in [4.78, 5) is 50.5. The molecule has 1 saturated heterocycles. The van der Waals surface area contributed by atoms with E-state index in [1.54, 1.807) is 24.1 Å². The zero-order valence-corrected chi connectivity index (χ0v) is 15.8. The quantitative estimate of drug-likeness (QED) is 0.734. The number of carbonyl (C=O) groups excluding carboxylic acids is 3. The van der Waals surface area contributed by atoms with Gasteiger partial charge in [-0.3, -0.25) is 19.2 Å². The van der Waals surface area contributed by atoms with Crippen LogP contribution < -0.4 is 0 Å². The summed E-state index contributed by atoms with van der Waals surface area (Å²) in [6.45, 7) is 2.66. The number of aliphatic carboxylic acids is 1. The summed E-state index contributed by atoms with van der Waals surface area (Å²) < 4.78 is 0. The number of benzene rings is 1. The van der Waals surface area contributed by atoms with Crippen molar-refractivity contribution < 1.29 is 24.3 Å². The van der Waals surface area contributed by atoms with Crippen LogP contribution in [0.1, 0.15) is 41.6 Å². The minimum atomic E-state index is -0.826. The first-order chi connectivity index (χ1) is 12.8. The van der Waals surface area contributed by atoms with E-state index in [1.807, 2.05) is 19.1 Å². The molecule has 1 aliphatic heterocycles. The highest BCUT2D eigenvalue weighted by Gasteiger charge is 2.27. The van der Waals surface area contributed by atoms with Crippen LogP contribution in [0.15, 0.2) is 24.3 Å². The summed E-state index contributed by atoms with van der Waals surface area (Å²) in [7, 11) is 1.54. The van der Waals surface area contributed by atoms with Crippen LogP contribution in [0.3, 0.4) is 0 Å². The van der Waals surface area contributed by atoms with Crippen LogP contribution in [0.25, 0.3) is 0 Å². The van der Waals surface area contributed by atoms with E-state index in [0.717, 1.165) is 5.56 Å². The van der Waals surface area contributed by atoms with E-state index in [-0.39, 0.29) is 37.0 Å². The van der Waals surface area contributed by atoms with Gasteiger partial charge in [0.15, 0.2) is 5.78 Å². The summed E-state index contributed by atoms with van der Waals surface area (Å²) >= 11 is 0. The van der Waals surface area contributed by atoms with E-state index in [2.05, 4.69) is 0 Å². The lowest BCUT2D eigenvalue weighted by Gasteiger charge is -2.31. The standard InChI is InChI=1S/C20H26N2O5/c1-14-3-5-15(6-4-14)17(23)7-8-18(24)21(2)13-19(25)22-11-9-16(10-12-22)20(26)27/h3-6,16H,7-13H2,1-2H3,(H,26,27). The maximum atomic E-state index is 12.3. The second kappa shape index (κ2) is 9.30. The summed E-state index contributed by atoms with van der Waals surface area (Å²) in [6.07, 6.45) is 1.02. The molecule has 0 aromatic heterocycles. The first-order valence-corrected chi connectivity index (χ1v) is 9.12. The number of Topliss-reactive ketones (excluding diaryl/α,β-unsaturated/α-hetero) is 1. The maximum Gasteiger partial charge on any atom is 0.306 e. The number of carbonyl (C=O) groups is 4. The lowest BCUT2D eigenvalue weighted by molar-refractivity contribution is -0.146. The highest BCUT2D eigenvalue weighted by Crippen LogP contribution is 2.17. The van der Waals surface area contributed by atoms with Gasteiger partial charge >= 0.3 is 5.97 Å². The largest absolute Gasteiger partial charge is 0.481 e. The Hall–Kier alpha value is -2.70. The Kier molecular flexibility index (Phi) is 7.10. The number of hydrogen-bond acceptors (Lipinski definition) is 4. The highest BCUT2D eigenvalue weighted by atomic mass is 16.4. The third kappa shape index (κ3) is 5.91. The SMILES string of the molecule is Cc1ccc(C(=O)CCC(=O)N(C)CC(=O)N2CCC(C(=O)O)CC2)cc1. The molecule has 7 nitrogen and oxygen atoms in total. The molecular weight excluding hydrogens is 348 g/mol. The lowest BCUT2D eigenvalue weighted by Crippen LogP contribution is -2.45. The molecule has 1 heterocycles. The van der Waals surface area contributed by atoms with Crippen LogP contribution in [0.2, 0.25) is 0 Å². The van der Waals surface area contributed by atoms with Crippen molar-refractivity contribution in [2.45, 2.75) is 32.6 Å². The molecule has 146 valence electrons. The molecule has 2 amide bonds. The molecule has 1 N–H and O–H groups in total. The number of piperidine rings is 1.